The smallest absolute Gasteiger partial charge is 0.139 e. The summed E-state index contributed by atoms with van der Waals surface area (Å²) in [6.07, 6.45) is 7.72. The predicted molar refractivity (Wildman–Crippen MR) is 80.2 cm³/mol. The lowest BCUT2D eigenvalue weighted by atomic mass is 10.2. The summed E-state index contributed by atoms with van der Waals surface area (Å²) >= 11 is 0. The van der Waals surface area contributed by atoms with Gasteiger partial charge >= 0.3 is 0 Å². The minimum absolute atomic E-state index is 0.435. The molecular weight excluding hydrogens is 236 g/mol. The standard InChI is InChI=1S/C16H24N2O/c19-16-8-7-14(17-9-5-6-10-17)13-15(16)18-11-3-1-2-4-12-18/h7-8,13,19H,1-6,9-12H2. The van der Waals surface area contributed by atoms with Crippen molar-refractivity contribution in [2.24, 2.45) is 0 Å². The number of anilines is 2. The first-order valence-electron chi connectivity index (χ1n) is 7.67. The average Bonchev–Trinajstić information content (AvgIpc) is 2.82. The zero-order valence-electron chi connectivity index (χ0n) is 11.6. The van der Waals surface area contributed by atoms with Gasteiger partial charge in [-0.25, -0.2) is 0 Å². The summed E-state index contributed by atoms with van der Waals surface area (Å²) in [4.78, 5) is 4.79. The molecule has 0 aliphatic carbocycles. The van der Waals surface area contributed by atoms with E-state index in [0.717, 1.165) is 31.9 Å². The molecule has 0 unspecified atom stereocenters. The maximum absolute atomic E-state index is 10.2. The van der Waals surface area contributed by atoms with Gasteiger partial charge in [-0.1, -0.05) is 12.8 Å². The van der Waals surface area contributed by atoms with Gasteiger partial charge in [0.15, 0.2) is 0 Å². The Morgan fingerprint density at radius 3 is 2.00 bits per heavy atom. The Morgan fingerprint density at radius 2 is 1.32 bits per heavy atom. The molecular formula is C16H24N2O. The lowest BCUT2D eigenvalue weighted by Gasteiger charge is -2.26. The fourth-order valence-electron chi connectivity index (χ4n) is 3.25. The van der Waals surface area contributed by atoms with Gasteiger partial charge in [-0.2, -0.15) is 0 Å². The van der Waals surface area contributed by atoms with Gasteiger partial charge in [0, 0.05) is 31.9 Å². The highest BCUT2D eigenvalue weighted by Crippen LogP contribution is 2.34. The SMILES string of the molecule is Oc1ccc(N2CCCC2)cc1N1CCCCCC1. The van der Waals surface area contributed by atoms with Gasteiger partial charge in [-0.05, 0) is 43.9 Å². The van der Waals surface area contributed by atoms with E-state index in [0.29, 0.717) is 5.75 Å². The third kappa shape index (κ3) is 2.80. The first kappa shape index (κ1) is 12.6. The predicted octanol–water partition coefficient (Wildman–Crippen LogP) is 3.37. The molecule has 104 valence electrons. The molecule has 1 aromatic carbocycles. The van der Waals surface area contributed by atoms with Crippen LogP contribution in [-0.2, 0) is 0 Å². The zero-order chi connectivity index (χ0) is 13.1. The number of phenols is 1. The highest BCUT2D eigenvalue weighted by molar-refractivity contribution is 5.66. The summed E-state index contributed by atoms with van der Waals surface area (Å²) < 4.78 is 0. The maximum Gasteiger partial charge on any atom is 0.139 e. The number of hydrogen-bond donors (Lipinski definition) is 1. The van der Waals surface area contributed by atoms with Gasteiger partial charge in [0.2, 0.25) is 0 Å². The molecule has 2 heterocycles. The quantitative estimate of drug-likeness (QED) is 0.883. The molecule has 0 aromatic heterocycles. The van der Waals surface area contributed by atoms with Crippen LogP contribution in [0.3, 0.4) is 0 Å². The van der Waals surface area contributed by atoms with Crippen molar-refractivity contribution in [2.45, 2.75) is 38.5 Å². The van der Waals surface area contributed by atoms with E-state index < -0.39 is 0 Å². The molecule has 0 saturated carbocycles. The Bertz CT molecular complexity index is 419. The zero-order valence-corrected chi connectivity index (χ0v) is 11.6. The summed E-state index contributed by atoms with van der Waals surface area (Å²) in [6.45, 7) is 4.47. The molecule has 2 saturated heterocycles. The lowest BCUT2D eigenvalue weighted by molar-refractivity contribution is 0.474. The van der Waals surface area contributed by atoms with Crippen LogP contribution in [0.1, 0.15) is 38.5 Å². The van der Waals surface area contributed by atoms with E-state index in [4.69, 9.17) is 0 Å². The van der Waals surface area contributed by atoms with E-state index in [1.807, 2.05) is 6.07 Å². The number of nitrogens with zero attached hydrogens (tertiary/aromatic N) is 2. The van der Waals surface area contributed by atoms with Crippen LogP contribution in [0.4, 0.5) is 11.4 Å². The van der Waals surface area contributed by atoms with Crippen molar-refractivity contribution in [1.29, 1.82) is 0 Å². The fraction of sp³-hybridized carbons (Fsp3) is 0.625. The number of benzene rings is 1. The molecule has 2 aliphatic rings. The lowest BCUT2D eigenvalue weighted by Crippen LogP contribution is -2.24. The third-order valence-electron chi connectivity index (χ3n) is 4.38. The van der Waals surface area contributed by atoms with Crippen molar-refractivity contribution in [3.63, 3.8) is 0 Å². The molecule has 2 aliphatic heterocycles. The van der Waals surface area contributed by atoms with Crippen LogP contribution in [0.15, 0.2) is 18.2 Å². The van der Waals surface area contributed by atoms with Crippen LogP contribution in [0.5, 0.6) is 5.75 Å². The van der Waals surface area contributed by atoms with Gasteiger partial charge < -0.3 is 14.9 Å². The van der Waals surface area contributed by atoms with E-state index in [2.05, 4.69) is 21.9 Å². The molecule has 0 radical (unpaired) electrons. The number of aromatic hydroxyl groups is 1. The maximum atomic E-state index is 10.2. The summed E-state index contributed by atoms with van der Waals surface area (Å²) in [5, 5.41) is 10.2. The molecule has 0 atom stereocenters. The highest BCUT2D eigenvalue weighted by Gasteiger charge is 2.17. The van der Waals surface area contributed by atoms with Crippen molar-refractivity contribution in [2.75, 3.05) is 36.0 Å². The van der Waals surface area contributed by atoms with Crippen LogP contribution < -0.4 is 9.80 Å². The second-order valence-corrected chi connectivity index (χ2v) is 5.77. The molecule has 1 aromatic rings. The van der Waals surface area contributed by atoms with Crippen LogP contribution in [0.25, 0.3) is 0 Å². The molecule has 0 amide bonds. The molecule has 3 heteroatoms. The normalized spacial score (nSPS) is 20.6. The Hall–Kier alpha value is -1.38. The van der Waals surface area contributed by atoms with Crippen molar-refractivity contribution in [1.82, 2.24) is 0 Å². The van der Waals surface area contributed by atoms with Crippen LogP contribution >= 0.6 is 0 Å². The molecule has 0 bridgehead atoms. The van der Waals surface area contributed by atoms with Crippen LogP contribution in [0.2, 0.25) is 0 Å². The van der Waals surface area contributed by atoms with Crippen molar-refractivity contribution in [3.8, 4) is 5.75 Å². The van der Waals surface area contributed by atoms with Crippen molar-refractivity contribution >= 4 is 11.4 Å². The highest BCUT2D eigenvalue weighted by atomic mass is 16.3. The van der Waals surface area contributed by atoms with E-state index in [1.165, 1.54) is 44.2 Å². The molecule has 19 heavy (non-hydrogen) atoms. The summed E-state index contributed by atoms with van der Waals surface area (Å²) in [5.41, 5.74) is 2.31. The minimum atomic E-state index is 0.435. The first-order valence-corrected chi connectivity index (χ1v) is 7.67. The summed E-state index contributed by atoms with van der Waals surface area (Å²) in [7, 11) is 0. The van der Waals surface area contributed by atoms with Crippen LogP contribution in [0, 0.1) is 0 Å². The van der Waals surface area contributed by atoms with Gasteiger partial charge in [-0.3, -0.25) is 0 Å². The number of rotatable bonds is 2. The van der Waals surface area contributed by atoms with E-state index in [-0.39, 0.29) is 0 Å². The molecule has 3 nitrogen and oxygen atoms in total. The van der Waals surface area contributed by atoms with Gasteiger partial charge in [0.25, 0.3) is 0 Å². The Balaban J connectivity index is 1.84. The Labute approximate surface area is 115 Å². The largest absolute Gasteiger partial charge is 0.506 e. The van der Waals surface area contributed by atoms with Crippen molar-refractivity contribution < 1.29 is 5.11 Å². The van der Waals surface area contributed by atoms with Crippen molar-refractivity contribution in [3.05, 3.63) is 18.2 Å². The molecule has 2 fully saturated rings. The topological polar surface area (TPSA) is 26.7 Å². The van der Waals surface area contributed by atoms with Crippen LogP contribution in [-0.4, -0.2) is 31.3 Å². The third-order valence-corrected chi connectivity index (χ3v) is 4.38. The second-order valence-electron chi connectivity index (χ2n) is 5.77. The summed E-state index contributed by atoms with van der Waals surface area (Å²) in [6, 6.07) is 6.11. The molecule has 0 spiro atoms. The average molecular weight is 260 g/mol. The Kier molecular flexibility index (Phi) is 3.81. The number of hydrogen-bond acceptors (Lipinski definition) is 3. The Morgan fingerprint density at radius 1 is 0.737 bits per heavy atom. The number of phenolic OH excluding ortho intramolecular Hbond substituents is 1. The van der Waals surface area contributed by atoms with Gasteiger partial charge in [-0.15, -0.1) is 0 Å². The monoisotopic (exact) mass is 260 g/mol. The first-order chi connectivity index (χ1) is 9.34. The van der Waals surface area contributed by atoms with Gasteiger partial charge in [0.05, 0.1) is 5.69 Å². The summed E-state index contributed by atoms with van der Waals surface area (Å²) in [5.74, 6) is 0.435. The minimum Gasteiger partial charge on any atom is -0.506 e. The molecule has 3 rings (SSSR count). The second kappa shape index (κ2) is 5.72. The van der Waals surface area contributed by atoms with Gasteiger partial charge in [0.1, 0.15) is 5.75 Å². The van der Waals surface area contributed by atoms with E-state index >= 15 is 0 Å². The fourth-order valence-corrected chi connectivity index (χ4v) is 3.25. The van der Waals surface area contributed by atoms with E-state index in [1.54, 1.807) is 0 Å². The molecule has 1 N–H and O–H groups in total. The van der Waals surface area contributed by atoms with E-state index in [9.17, 15) is 5.11 Å².